The number of fused-ring (bicyclic) bond motifs is 1. The molecule has 0 radical (unpaired) electrons. The molecule has 0 heterocycles. The Morgan fingerprint density at radius 2 is 1.88 bits per heavy atom. The number of rotatable bonds is 4. The minimum Gasteiger partial charge on any atom is -0.508 e. The lowest BCUT2D eigenvalue weighted by molar-refractivity contribution is -0.137. The van der Waals surface area contributed by atoms with E-state index in [0.717, 1.165) is 16.3 Å². The highest BCUT2D eigenvalue weighted by molar-refractivity contribution is 5.87. The molecular weight excluding hydrogens is 216 g/mol. The van der Waals surface area contributed by atoms with E-state index in [9.17, 15) is 9.90 Å². The molecule has 2 aromatic rings. The first-order chi connectivity index (χ1) is 8.18. The molecule has 3 nitrogen and oxygen atoms in total. The van der Waals surface area contributed by atoms with Crippen LogP contribution in [0.3, 0.4) is 0 Å². The number of carboxylic acid groups (broad SMARTS) is 1. The van der Waals surface area contributed by atoms with E-state index in [2.05, 4.69) is 0 Å². The summed E-state index contributed by atoms with van der Waals surface area (Å²) in [5.41, 5.74) is 0.837. The van der Waals surface area contributed by atoms with Crippen molar-refractivity contribution in [2.45, 2.75) is 19.3 Å². The van der Waals surface area contributed by atoms with Crippen LogP contribution in [0.1, 0.15) is 18.4 Å². The standard InChI is InChI=1S/C14H14O3/c15-13-9-8-10-4-1-2-5-11(10)12(13)6-3-7-14(16)17/h1-2,4-5,8-9,15H,3,6-7H2,(H,16,17). The van der Waals surface area contributed by atoms with Crippen LogP contribution in [0.2, 0.25) is 0 Å². The normalized spacial score (nSPS) is 10.6. The summed E-state index contributed by atoms with van der Waals surface area (Å²) >= 11 is 0. The fourth-order valence-electron chi connectivity index (χ4n) is 2.00. The van der Waals surface area contributed by atoms with Gasteiger partial charge in [0.2, 0.25) is 0 Å². The van der Waals surface area contributed by atoms with Gasteiger partial charge in [0, 0.05) is 12.0 Å². The van der Waals surface area contributed by atoms with E-state index in [4.69, 9.17) is 5.11 Å². The highest BCUT2D eigenvalue weighted by atomic mass is 16.4. The summed E-state index contributed by atoms with van der Waals surface area (Å²) in [5.74, 6) is -0.557. The third-order valence-electron chi connectivity index (χ3n) is 2.83. The Kier molecular flexibility index (Phi) is 3.28. The van der Waals surface area contributed by atoms with Crippen LogP contribution in [0.25, 0.3) is 10.8 Å². The predicted molar refractivity (Wildman–Crippen MR) is 66.2 cm³/mol. The van der Waals surface area contributed by atoms with Crippen LogP contribution in [0.15, 0.2) is 36.4 Å². The van der Waals surface area contributed by atoms with Gasteiger partial charge < -0.3 is 10.2 Å². The summed E-state index contributed by atoms with van der Waals surface area (Å²) in [5, 5.41) is 20.5. The maximum absolute atomic E-state index is 10.5. The number of aliphatic carboxylic acids is 1. The molecule has 2 aromatic carbocycles. The van der Waals surface area contributed by atoms with Crippen LogP contribution in [0.5, 0.6) is 5.75 Å². The van der Waals surface area contributed by atoms with Gasteiger partial charge in [0.15, 0.2) is 0 Å². The van der Waals surface area contributed by atoms with Gasteiger partial charge in [0.25, 0.3) is 0 Å². The third kappa shape index (κ3) is 2.56. The number of aromatic hydroxyl groups is 1. The molecule has 0 saturated carbocycles. The smallest absolute Gasteiger partial charge is 0.303 e. The molecule has 0 aliphatic carbocycles. The van der Waals surface area contributed by atoms with E-state index in [-0.39, 0.29) is 12.2 Å². The Balaban J connectivity index is 2.31. The first-order valence-electron chi connectivity index (χ1n) is 5.60. The molecular formula is C14H14O3. The fraction of sp³-hybridized carbons (Fsp3) is 0.214. The summed E-state index contributed by atoms with van der Waals surface area (Å²) in [6.45, 7) is 0. The number of hydrogen-bond donors (Lipinski definition) is 2. The molecule has 0 atom stereocenters. The molecule has 88 valence electrons. The second kappa shape index (κ2) is 4.87. The van der Waals surface area contributed by atoms with Crippen molar-refractivity contribution >= 4 is 16.7 Å². The van der Waals surface area contributed by atoms with Gasteiger partial charge >= 0.3 is 5.97 Å². The molecule has 0 aromatic heterocycles. The van der Waals surface area contributed by atoms with Crippen molar-refractivity contribution in [3.8, 4) is 5.75 Å². The summed E-state index contributed by atoms with van der Waals surface area (Å²) in [6, 6.07) is 11.3. The van der Waals surface area contributed by atoms with E-state index in [1.807, 2.05) is 30.3 Å². The van der Waals surface area contributed by atoms with E-state index in [0.29, 0.717) is 12.8 Å². The Labute approximate surface area is 99.3 Å². The molecule has 0 saturated heterocycles. The van der Waals surface area contributed by atoms with Crippen molar-refractivity contribution in [2.75, 3.05) is 0 Å². The van der Waals surface area contributed by atoms with Gasteiger partial charge in [-0.2, -0.15) is 0 Å². The Hall–Kier alpha value is -2.03. The Morgan fingerprint density at radius 3 is 2.65 bits per heavy atom. The number of aryl methyl sites for hydroxylation is 1. The number of carbonyl (C=O) groups is 1. The second-order valence-electron chi connectivity index (χ2n) is 4.03. The topological polar surface area (TPSA) is 57.5 Å². The highest BCUT2D eigenvalue weighted by Gasteiger charge is 2.07. The predicted octanol–water partition coefficient (Wildman–Crippen LogP) is 2.95. The monoisotopic (exact) mass is 230 g/mol. The molecule has 2 N–H and O–H groups in total. The highest BCUT2D eigenvalue weighted by Crippen LogP contribution is 2.28. The molecule has 0 amide bonds. The first kappa shape index (κ1) is 11.5. The average molecular weight is 230 g/mol. The van der Waals surface area contributed by atoms with Gasteiger partial charge in [-0.3, -0.25) is 4.79 Å². The Bertz CT molecular complexity index is 546. The van der Waals surface area contributed by atoms with Crippen molar-refractivity contribution in [1.82, 2.24) is 0 Å². The van der Waals surface area contributed by atoms with Gasteiger partial charge in [0.05, 0.1) is 0 Å². The summed E-state index contributed by atoms with van der Waals surface area (Å²) in [6.07, 6.45) is 1.25. The molecule has 0 bridgehead atoms. The molecule has 3 heteroatoms. The lowest BCUT2D eigenvalue weighted by Gasteiger charge is -2.08. The quantitative estimate of drug-likeness (QED) is 0.849. The fourth-order valence-corrected chi connectivity index (χ4v) is 2.00. The van der Waals surface area contributed by atoms with E-state index < -0.39 is 5.97 Å². The number of carboxylic acids is 1. The van der Waals surface area contributed by atoms with Crippen LogP contribution in [0.4, 0.5) is 0 Å². The number of phenols is 1. The zero-order valence-electron chi connectivity index (χ0n) is 9.39. The largest absolute Gasteiger partial charge is 0.508 e. The molecule has 0 fully saturated rings. The molecule has 0 unspecified atom stereocenters. The molecule has 0 aliphatic heterocycles. The van der Waals surface area contributed by atoms with Gasteiger partial charge in [-0.05, 0) is 29.7 Å². The number of benzene rings is 2. The van der Waals surface area contributed by atoms with Gasteiger partial charge in [0.1, 0.15) is 5.75 Å². The van der Waals surface area contributed by atoms with Crippen molar-refractivity contribution < 1.29 is 15.0 Å². The van der Waals surface area contributed by atoms with Crippen molar-refractivity contribution in [3.05, 3.63) is 42.0 Å². The minimum atomic E-state index is -0.801. The number of phenolic OH excluding ortho intramolecular Hbond substituents is 1. The van der Waals surface area contributed by atoms with Crippen LogP contribution < -0.4 is 0 Å². The molecule has 17 heavy (non-hydrogen) atoms. The van der Waals surface area contributed by atoms with Crippen molar-refractivity contribution in [3.63, 3.8) is 0 Å². The van der Waals surface area contributed by atoms with Crippen LogP contribution >= 0.6 is 0 Å². The van der Waals surface area contributed by atoms with Crippen LogP contribution in [-0.4, -0.2) is 16.2 Å². The van der Waals surface area contributed by atoms with E-state index >= 15 is 0 Å². The zero-order valence-corrected chi connectivity index (χ0v) is 9.39. The van der Waals surface area contributed by atoms with Crippen LogP contribution in [0, 0.1) is 0 Å². The summed E-state index contributed by atoms with van der Waals surface area (Å²) in [7, 11) is 0. The lowest BCUT2D eigenvalue weighted by atomic mass is 9.99. The maximum Gasteiger partial charge on any atom is 0.303 e. The van der Waals surface area contributed by atoms with Crippen molar-refractivity contribution in [1.29, 1.82) is 0 Å². The number of hydrogen-bond acceptors (Lipinski definition) is 2. The third-order valence-corrected chi connectivity index (χ3v) is 2.83. The van der Waals surface area contributed by atoms with E-state index in [1.54, 1.807) is 6.07 Å². The summed E-state index contributed by atoms with van der Waals surface area (Å²) < 4.78 is 0. The van der Waals surface area contributed by atoms with Gasteiger partial charge in [-0.25, -0.2) is 0 Å². The second-order valence-corrected chi connectivity index (χ2v) is 4.03. The lowest BCUT2D eigenvalue weighted by Crippen LogP contribution is -1.96. The van der Waals surface area contributed by atoms with E-state index in [1.165, 1.54) is 0 Å². The molecule has 0 spiro atoms. The SMILES string of the molecule is O=C(O)CCCc1c(O)ccc2ccccc12. The average Bonchev–Trinajstić information content (AvgIpc) is 2.32. The summed E-state index contributed by atoms with van der Waals surface area (Å²) in [4.78, 5) is 10.5. The molecule has 0 aliphatic rings. The van der Waals surface area contributed by atoms with Crippen LogP contribution in [-0.2, 0) is 11.2 Å². The minimum absolute atomic E-state index is 0.128. The zero-order chi connectivity index (χ0) is 12.3. The van der Waals surface area contributed by atoms with Crippen molar-refractivity contribution in [2.24, 2.45) is 0 Å². The van der Waals surface area contributed by atoms with Gasteiger partial charge in [-0.15, -0.1) is 0 Å². The maximum atomic E-state index is 10.5. The Morgan fingerprint density at radius 1 is 1.12 bits per heavy atom. The van der Waals surface area contributed by atoms with Gasteiger partial charge in [-0.1, -0.05) is 30.3 Å². The molecule has 2 rings (SSSR count). The first-order valence-corrected chi connectivity index (χ1v) is 5.60.